The van der Waals surface area contributed by atoms with Crippen molar-refractivity contribution < 1.29 is 4.42 Å². The Morgan fingerprint density at radius 3 is 1.92 bits per heavy atom. The Kier molecular flexibility index (Phi) is 6.52. The van der Waals surface area contributed by atoms with Crippen LogP contribution in [0.3, 0.4) is 0 Å². The number of hydrogen-bond acceptors (Lipinski definition) is 3. The Bertz CT molecular complexity index is 3180. The molecule has 0 aliphatic rings. The van der Waals surface area contributed by atoms with E-state index in [2.05, 4.69) is 161 Å². The number of rotatable bonds is 5. The largest absolute Gasteiger partial charge is 0.434 e. The highest BCUT2D eigenvalue weighted by atomic mass is 16.3. The van der Waals surface area contributed by atoms with Crippen LogP contribution in [0.4, 0.5) is 17.1 Å². The van der Waals surface area contributed by atoms with Gasteiger partial charge in [-0.25, -0.2) is 4.98 Å². The van der Waals surface area contributed by atoms with Crippen LogP contribution in [0.15, 0.2) is 192 Å². The second-order valence-electron chi connectivity index (χ2n) is 13.6. The van der Waals surface area contributed by atoms with Gasteiger partial charge in [0.1, 0.15) is 5.52 Å². The van der Waals surface area contributed by atoms with E-state index in [0.29, 0.717) is 5.89 Å². The van der Waals surface area contributed by atoms with Crippen LogP contribution in [0.2, 0.25) is 0 Å². The van der Waals surface area contributed by atoms with Crippen LogP contribution < -0.4 is 4.90 Å². The molecule has 11 rings (SSSR count). The minimum atomic E-state index is 0.601. The molecule has 0 saturated carbocycles. The summed E-state index contributed by atoms with van der Waals surface area (Å²) in [7, 11) is 0. The molecule has 0 fully saturated rings. The second kappa shape index (κ2) is 11.7. The van der Waals surface area contributed by atoms with Gasteiger partial charge >= 0.3 is 0 Å². The summed E-state index contributed by atoms with van der Waals surface area (Å²) in [5, 5.41) is 9.81. The number of para-hydroxylation sites is 2. The Morgan fingerprint density at radius 1 is 0.453 bits per heavy atom. The monoisotopic (exact) mass is 677 g/mol. The first-order valence-corrected chi connectivity index (χ1v) is 18.0. The van der Waals surface area contributed by atoms with E-state index in [1.165, 1.54) is 48.6 Å². The molecule has 248 valence electrons. The van der Waals surface area contributed by atoms with E-state index in [1.54, 1.807) is 0 Å². The molecule has 0 saturated heterocycles. The van der Waals surface area contributed by atoms with Crippen molar-refractivity contribution in [1.29, 1.82) is 0 Å². The van der Waals surface area contributed by atoms with Crippen LogP contribution in [0.1, 0.15) is 0 Å². The number of oxazole rings is 1. The molecule has 53 heavy (non-hydrogen) atoms. The van der Waals surface area contributed by atoms with E-state index in [1.807, 2.05) is 36.4 Å². The molecular formula is C49H31N3O. The Labute approximate surface area is 305 Å². The van der Waals surface area contributed by atoms with Crippen molar-refractivity contribution >= 4 is 82.3 Å². The second-order valence-corrected chi connectivity index (χ2v) is 13.6. The zero-order chi connectivity index (χ0) is 34.9. The molecule has 2 aromatic heterocycles. The quantitative estimate of drug-likeness (QED) is 0.170. The van der Waals surface area contributed by atoms with Crippen LogP contribution in [-0.4, -0.2) is 9.55 Å². The van der Waals surface area contributed by atoms with Crippen LogP contribution in [0.5, 0.6) is 0 Å². The normalized spacial score (nSPS) is 11.8. The van der Waals surface area contributed by atoms with Crippen LogP contribution >= 0.6 is 0 Å². The summed E-state index contributed by atoms with van der Waals surface area (Å²) >= 11 is 0. The molecule has 2 heterocycles. The number of nitrogens with zero attached hydrogens (tertiary/aromatic N) is 3. The summed E-state index contributed by atoms with van der Waals surface area (Å²) in [6, 6.07) is 66.8. The first-order valence-electron chi connectivity index (χ1n) is 18.0. The molecule has 9 aromatic carbocycles. The lowest BCUT2D eigenvalue weighted by Crippen LogP contribution is -2.10. The van der Waals surface area contributed by atoms with E-state index < -0.39 is 0 Å². The maximum atomic E-state index is 6.67. The highest BCUT2D eigenvalue weighted by Crippen LogP contribution is 2.44. The summed E-state index contributed by atoms with van der Waals surface area (Å²) in [5.41, 5.74) is 8.89. The van der Waals surface area contributed by atoms with Gasteiger partial charge in [0.15, 0.2) is 5.58 Å². The van der Waals surface area contributed by atoms with Gasteiger partial charge in [0.05, 0.1) is 16.7 Å². The van der Waals surface area contributed by atoms with E-state index >= 15 is 0 Å². The van der Waals surface area contributed by atoms with E-state index in [-0.39, 0.29) is 0 Å². The van der Waals surface area contributed by atoms with Gasteiger partial charge in [-0.2, -0.15) is 0 Å². The maximum absolute atomic E-state index is 6.67. The molecule has 0 aliphatic heterocycles. The lowest BCUT2D eigenvalue weighted by Gasteiger charge is -2.26. The highest BCUT2D eigenvalue weighted by molar-refractivity contribution is 6.22. The average molecular weight is 678 g/mol. The summed E-state index contributed by atoms with van der Waals surface area (Å²) in [6.07, 6.45) is 0. The Hall–Kier alpha value is -7.17. The fourth-order valence-electron chi connectivity index (χ4n) is 8.15. The Morgan fingerprint density at radius 2 is 1.09 bits per heavy atom. The van der Waals surface area contributed by atoms with Gasteiger partial charge in [0.2, 0.25) is 5.89 Å². The molecule has 4 nitrogen and oxygen atoms in total. The zero-order valence-corrected chi connectivity index (χ0v) is 28.6. The first-order chi connectivity index (χ1) is 26.3. The highest BCUT2D eigenvalue weighted by Gasteiger charge is 2.22. The van der Waals surface area contributed by atoms with Gasteiger partial charge in [0, 0.05) is 33.4 Å². The van der Waals surface area contributed by atoms with Crippen LogP contribution in [0.25, 0.3) is 82.4 Å². The van der Waals surface area contributed by atoms with Crippen molar-refractivity contribution in [2.45, 2.75) is 0 Å². The van der Waals surface area contributed by atoms with Gasteiger partial charge in [-0.15, -0.1) is 0 Å². The van der Waals surface area contributed by atoms with Crippen LogP contribution in [-0.2, 0) is 0 Å². The molecule has 0 spiro atoms. The first kappa shape index (κ1) is 29.5. The van der Waals surface area contributed by atoms with E-state index in [4.69, 9.17) is 9.40 Å². The number of hydrogen-bond donors (Lipinski definition) is 0. The van der Waals surface area contributed by atoms with Crippen molar-refractivity contribution in [2.24, 2.45) is 0 Å². The molecule has 11 aromatic rings. The predicted molar refractivity (Wildman–Crippen MR) is 221 cm³/mol. The molecule has 0 unspecified atom stereocenters. The predicted octanol–water partition coefficient (Wildman–Crippen LogP) is 13.5. The number of fused-ring (bicyclic) bond motifs is 9. The average Bonchev–Trinajstić information content (AvgIpc) is 3.82. The molecule has 0 radical (unpaired) electrons. The molecule has 0 N–H and O–H groups in total. The third-order valence-electron chi connectivity index (χ3n) is 10.6. The fraction of sp³-hybridized carbons (Fsp3) is 0. The van der Waals surface area contributed by atoms with Gasteiger partial charge in [-0.3, -0.25) is 0 Å². The summed E-state index contributed by atoms with van der Waals surface area (Å²) in [5.74, 6) is 0.601. The maximum Gasteiger partial charge on any atom is 0.227 e. The number of anilines is 3. The minimum absolute atomic E-state index is 0.601. The third kappa shape index (κ3) is 4.66. The molecule has 0 aliphatic carbocycles. The van der Waals surface area contributed by atoms with E-state index in [9.17, 15) is 0 Å². The lowest BCUT2D eigenvalue weighted by molar-refractivity contribution is 0.620. The van der Waals surface area contributed by atoms with Crippen molar-refractivity contribution in [3.05, 3.63) is 188 Å². The zero-order valence-electron chi connectivity index (χ0n) is 28.6. The lowest BCUT2D eigenvalue weighted by atomic mass is 10.0. The van der Waals surface area contributed by atoms with E-state index in [0.717, 1.165) is 44.9 Å². The van der Waals surface area contributed by atoms with Crippen molar-refractivity contribution in [3.63, 3.8) is 0 Å². The molecule has 0 atom stereocenters. The summed E-state index contributed by atoms with van der Waals surface area (Å²) < 4.78 is 9.07. The van der Waals surface area contributed by atoms with Gasteiger partial charge < -0.3 is 13.9 Å². The molecular weight excluding hydrogens is 647 g/mol. The van der Waals surface area contributed by atoms with Crippen LogP contribution in [0, 0.1) is 0 Å². The summed E-state index contributed by atoms with van der Waals surface area (Å²) in [4.78, 5) is 7.28. The minimum Gasteiger partial charge on any atom is -0.434 e. The topological polar surface area (TPSA) is 34.2 Å². The molecule has 4 heteroatoms. The standard InChI is InChI=1S/C49H31N3O/c1-3-14-34(15-4-1)49-50-43-20-11-21-45(48(43)53-49)51(37-25-27-40-35(30-37)23-22-32-12-7-9-18-39(32)40)38-26-28-42-46(31-38)52(36-16-5-2-6-17-36)44-29-24-33-13-8-10-19-41(33)47(42)44/h1-31H. The van der Waals surface area contributed by atoms with Crippen molar-refractivity contribution in [2.75, 3.05) is 4.90 Å². The molecule has 0 amide bonds. The fourth-order valence-corrected chi connectivity index (χ4v) is 8.15. The summed E-state index contributed by atoms with van der Waals surface area (Å²) in [6.45, 7) is 0. The SMILES string of the molecule is c1ccc(-c2nc3cccc(N(c4ccc5c(ccc6ccccc65)c4)c4ccc5c6c7ccccc7ccc6n(-c6ccccc6)c5c4)c3o2)cc1. The van der Waals surface area contributed by atoms with Gasteiger partial charge in [-0.1, -0.05) is 121 Å². The van der Waals surface area contributed by atoms with Gasteiger partial charge in [0.25, 0.3) is 0 Å². The smallest absolute Gasteiger partial charge is 0.227 e. The van der Waals surface area contributed by atoms with Crippen molar-refractivity contribution in [1.82, 2.24) is 9.55 Å². The van der Waals surface area contributed by atoms with Crippen molar-refractivity contribution in [3.8, 4) is 17.1 Å². The molecule has 0 bridgehead atoms. The van der Waals surface area contributed by atoms with Gasteiger partial charge in [-0.05, 0) is 99.0 Å². The number of aromatic nitrogens is 2. The number of benzene rings is 9. The third-order valence-corrected chi connectivity index (χ3v) is 10.6. The Balaban J connectivity index is 1.20.